The molecule has 2 aromatic heterocycles. The van der Waals surface area contributed by atoms with Crippen molar-refractivity contribution in [2.24, 2.45) is 0 Å². The molecule has 2 rings (SSSR count). The molecular formula is C9H9BrN4O3S2. The summed E-state index contributed by atoms with van der Waals surface area (Å²) in [5.74, 6) is -0.219. The first-order valence-corrected chi connectivity index (χ1v) is 6.42. The fourth-order valence-corrected chi connectivity index (χ4v) is 1.89. The standard InChI is InChI=1S/C5H5BrN2OS.C4H4N2O2S/c1-2-3(6)7-5(10)8-4(2)9;7-2-1-3(8)6-4(9)5-2/h1H3,(H2,7,8,9,10);1H,(H3,5,6,7,8,9). The Bertz CT molecular complexity index is 776. The molecule has 0 amide bonds. The van der Waals surface area contributed by atoms with Gasteiger partial charge in [0.15, 0.2) is 15.4 Å². The van der Waals surface area contributed by atoms with Gasteiger partial charge >= 0.3 is 0 Å². The molecule has 102 valence electrons. The Balaban J connectivity index is 0.000000191. The fraction of sp³-hybridized carbons (Fsp3) is 0.111. The Morgan fingerprint density at radius 2 is 1.68 bits per heavy atom. The molecule has 0 fully saturated rings. The van der Waals surface area contributed by atoms with Gasteiger partial charge in [0.25, 0.3) is 11.1 Å². The molecular weight excluding hydrogens is 356 g/mol. The predicted octanol–water partition coefficient (Wildman–Crippen LogP) is 1.64. The number of hydrogen-bond donors (Lipinski definition) is 5. The maximum absolute atomic E-state index is 10.9. The monoisotopic (exact) mass is 364 g/mol. The highest BCUT2D eigenvalue weighted by atomic mass is 79.9. The van der Waals surface area contributed by atoms with Crippen LogP contribution in [0, 0.1) is 16.5 Å². The van der Waals surface area contributed by atoms with Crippen molar-refractivity contribution in [2.75, 3.05) is 0 Å². The summed E-state index contributed by atoms with van der Waals surface area (Å²) < 4.78 is 1.10. The maximum Gasteiger partial charge on any atom is 0.255 e. The number of H-pyrrole nitrogens is 4. The van der Waals surface area contributed by atoms with E-state index in [-0.39, 0.29) is 16.2 Å². The van der Waals surface area contributed by atoms with Gasteiger partial charge in [-0.05, 0) is 47.3 Å². The lowest BCUT2D eigenvalue weighted by atomic mass is 10.4. The van der Waals surface area contributed by atoms with E-state index in [1.54, 1.807) is 6.92 Å². The highest BCUT2D eigenvalue weighted by Gasteiger charge is 1.97. The van der Waals surface area contributed by atoms with E-state index in [1.165, 1.54) is 0 Å². The molecule has 7 nitrogen and oxygen atoms in total. The van der Waals surface area contributed by atoms with E-state index in [1.807, 2.05) is 0 Å². The third-order valence-electron chi connectivity index (χ3n) is 1.87. The molecule has 19 heavy (non-hydrogen) atoms. The van der Waals surface area contributed by atoms with Gasteiger partial charge < -0.3 is 15.1 Å². The zero-order chi connectivity index (χ0) is 14.6. The van der Waals surface area contributed by atoms with Crippen LogP contribution in [0.1, 0.15) is 5.56 Å². The Morgan fingerprint density at radius 1 is 1.11 bits per heavy atom. The number of hydrogen-bond acceptors (Lipinski definition) is 5. The number of rotatable bonds is 0. The van der Waals surface area contributed by atoms with Crippen molar-refractivity contribution in [1.82, 2.24) is 19.9 Å². The first-order valence-electron chi connectivity index (χ1n) is 4.81. The van der Waals surface area contributed by atoms with Crippen molar-refractivity contribution in [3.05, 3.63) is 46.5 Å². The summed E-state index contributed by atoms with van der Waals surface area (Å²) in [4.78, 5) is 31.1. The summed E-state index contributed by atoms with van der Waals surface area (Å²) in [7, 11) is 0. The zero-order valence-corrected chi connectivity index (χ0v) is 12.8. The van der Waals surface area contributed by atoms with Crippen molar-refractivity contribution in [1.29, 1.82) is 0 Å². The lowest BCUT2D eigenvalue weighted by Crippen LogP contribution is -2.11. The Hall–Kier alpha value is -1.52. The molecule has 10 heteroatoms. The van der Waals surface area contributed by atoms with Crippen LogP contribution in [0.4, 0.5) is 0 Å². The molecule has 0 radical (unpaired) electrons. The fourth-order valence-electron chi connectivity index (χ4n) is 0.977. The first kappa shape index (κ1) is 15.5. The van der Waals surface area contributed by atoms with Crippen LogP contribution < -0.4 is 11.1 Å². The number of halogens is 1. The summed E-state index contributed by atoms with van der Waals surface area (Å²) in [5, 5.41) is 8.65. The lowest BCUT2D eigenvalue weighted by molar-refractivity contribution is 0.450. The van der Waals surface area contributed by atoms with Crippen LogP contribution in [0.5, 0.6) is 5.88 Å². The van der Waals surface area contributed by atoms with Gasteiger partial charge in [0.1, 0.15) is 0 Å². The van der Waals surface area contributed by atoms with Gasteiger partial charge in [0.05, 0.1) is 10.7 Å². The highest BCUT2D eigenvalue weighted by Crippen LogP contribution is 2.05. The molecule has 5 N–H and O–H groups in total. The largest absolute Gasteiger partial charge is 0.494 e. The average molecular weight is 365 g/mol. The number of aromatic hydroxyl groups is 1. The van der Waals surface area contributed by atoms with Crippen molar-refractivity contribution >= 4 is 40.4 Å². The van der Waals surface area contributed by atoms with Gasteiger partial charge in [-0.15, -0.1) is 0 Å². The van der Waals surface area contributed by atoms with Crippen molar-refractivity contribution in [3.63, 3.8) is 0 Å². The first-order chi connectivity index (χ1) is 8.79. The smallest absolute Gasteiger partial charge is 0.255 e. The molecule has 0 spiro atoms. The van der Waals surface area contributed by atoms with Crippen LogP contribution in [-0.4, -0.2) is 25.0 Å². The van der Waals surface area contributed by atoms with Gasteiger partial charge in [-0.25, -0.2) is 0 Å². The van der Waals surface area contributed by atoms with Gasteiger partial charge in [0, 0.05) is 5.56 Å². The second-order valence-electron chi connectivity index (χ2n) is 3.32. The SMILES string of the molecule is Cc1c(Br)[nH]c(=S)[nH]c1=O.O=c1cc(O)[nH]c(=S)[nH]1. The van der Waals surface area contributed by atoms with Crippen LogP contribution in [0.3, 0.4) is 0 Å². The summed E-state index contributed by atoms with van der Waals surface area (Å²) in [6.45, 7) is 1.70. The molecule has 0 unspecified atom stereocenters. The summed E-state index contributed by atoms with van der Waals surface area (Å²) in [6.07, 6.45) is 0. The molecule has 0 bridgehead atoms. The molecule has 0 aliphatic heterocycles. The molecule has 0 aromatic carbocycles. The average Bonchev–Trinajstić information content (AvgIpc) is 2.24. The number of aromatic amines is 4. The third kappa shape index (κ3) is 4.93. The second kappa shape index (κ2) is 6.59. The minimum atomic E-state index is -0.406. The van der Waals surface area contributed by atoms with E-state index >= 15 is 0 Å². The minimum Gasteiger partial charge on any atom is -0.494 e. The lowest BCUT2D eigenvalue weighted by Gasteiger charge is -1.93. The van der Waals surface area contributed by atoms with E-state index in [0.29, 0.717) is 14.9 Å². The number of nitrogens with one attached hydrogen (secondary N) is 4. The van der Waals surface area contributed by atoms with Crippen LogP contribution in [-0.2, 0) is 0 Å². The van der Waals surface area contributed by atoms with E-state index in [4.69, 9.17) is 17.3 Å². The summed E-state index contributed by atoms with van der Waals surface area (Å²) in [6, 6.07) is 1.01. The zero-order valence-electron chi connectivity index (χ0n) is 9.54. The Morgan fingerprint density at radius 3 is 2.16 bits per heavy atom. The van der Waals surface area contributed by atoms with Crippen LogP contribution in [0.15, 0.2) is 20.3 Å². The quantitative estimate of drug-likeness (QED) is 0.359. The van der Waals surface area contributed by atoms with Gasteiger partial charge in [-0.1, -0.05) is 0 Å². The second-order valence-corrected chi connectivity index (χ2v) is 4.93. The van der Waals surface area contributed by atoms with E-state index in [0.717, 1.165) is 6.07 Å². The van der Waals surface area contributed by atoms with Crippen molar-refractivity contribution in [2.45, 2.75) is 6.92 Å². The molecule has 0 aliphatic rings. The molecule has 0 atom stereocenters. The van der Waals surface area contributed by atoms with Crippen molar-refractivity contribution < 1.29 is 5.11 Å². The normalized spacial score (nSPS) is 9.58. The number of aromatic nitrogens is 4. The van der Waals surface area contributed by atoms with E-state index in [9.17, 15) is 9.59 Å². The Labute approximate surface area is 124 Å². The van der Waals surface area contributed by atoms with Crippen LogP contribution in [0.2, 0.25) is 0 Å². The van der Waals surface area contributed by atoms with Crippen LogP contribution >= 0.6 is 40.4 Å². The highest BCUT2D eigenvalue weighted by molar-refractivity contribution is 9.10. The molecule has 0 aliphatic carbocycles. The summed E-state index contributed by atoms with van der Waals surface area (Å²) >= 11 is 12.4. The van der Waals surface area contributed by atoms with Gasteiger partial charge in [0.2, 0.25) is 0 Å². The summed E-state index contributed by atoms with van der Waals surface area (Å²) in [5.41, 5.74) is 0.0421. The van der Waals surface area contributed by atoms with E-state index in [2.05, 4.69) is 48.1 Å². The minimum absolute atomic E-state index is 0.125. The molecule has 0 saturated heterocycles. The van der Waals surface area contributed by atoms with Gasteiger partial charge in [-0.2, -0.15) is 0 Å². The Kier molecular flexibility index (Phi) is 5.39. The predicted molar refractivity (Wildman–Crippen MR) is 78.6 cm³/mol. The van der Waals surface area contributed by atoms with E-state index < -0.39 is 5.56 Å². The van der Waals surface area contributed by atoms with Crippen molar-refractivity contribution in [3.8, 4) is 5.88 Å². The topological polar surface area (TPSA) is 118 Å². The molecule has 2 heterocycles. The molecule has 0 saturated carbocycles. The van der Waals surface area contributed by atoms with Gasteiger partial charge in [-0.3, -0.25) is 19.6 Å². The third-order valence-corrected chi connectivity index (χ3v) is 3.07. The molecule has 2 aromatic rings. The van der Waals surface area contributed by atoms with Crippen LogP contribution in [0.25, 0.3) is 0 Å². The maximum atomic E-state index is 10.9.